The van der Waals surface area contributed by atoms with Crippen LogP contribution in [0.25, 0.3) is 0 Å². The van der Waals surface area contributed by atoms with Crippen molar-refractivity contribution >= 4 is 5.91 Å². The molecule has 3 nitrogen and oxygen atoms in total. The third kappa shape index (κ3) is 7.02. The third-order valence-electron chi connectivity index (χ3n) is 7.23. The highest BCUT2D eigenvalue weighted by Crippen LogP contribution is 2.38. The van der Waals surface area contributed by atoms with Crippen molar-refractivity contribution in [1.82, 2.24) is 9.80 Å². The van der Waals surface area contributed by atoms with Crippen molar-refractivity contribution in [1.29, 1.82) is 0 Å². The van der Waals surface area contributed by atoms with Gasteiger partial charge in [-0.2, -0.15) is 26.3 Å². The standard InChI is InChI=1S/C30H29F7N2O/c1-19(2)39(28(40)21-9-11-26(31)12-10-21)17-23-16-38(15-20-5-3-7-24(13-20)29(32,33)34)18-27(23)22-6-4-8-25(14-22)30(35,36)37/h3-14,19,23,27H,15-18H2,1-2H3. The Morgan fingerprint density at radius 2 is 1.48 bits per heavy atom. The van der Waals surface area contributed by atoms with Gasteiger partial charge in [0, 0.05) is 43.7 Å². The summed E-state index contributed by atoms with van der Waals surface area (Å²) in [7, 11) is 0. The number of rotatable bonds is 7. The van der Waals surface area contributed by atoms with E-state index >= 15 is 0 Å². The minimum Gasteiger partial charge on any atom is -0.336 e. The fourth-order valence-corrected chi connectivity index (χ4v) is 5.24. The molecule has 0 N–H and O–H groups in total. The minimum atomic E-state index is -4.54. The van der Waals surface area contributed by atoms with E-state index in [1.165, 1.54) is 36.4 Å². The first-order valence-electron chi connectivity index (χ1n) is 12.8. The fraction of sp³-hybridized carbons (Fsp3) is 0.367. The molecule has 1 fully saturated rings. The first kappa shape index (κ1) is 29.6. The number of carbonyl (C=O) groups excluding carboxylic acids is 1. The molecule has 1 aliphatic heterocycles. The minimum absolute atomic E-state index is 0.170. The van der Waals surface area contributed by atoms with Gasteiger partial charge in [-0.25, -0.2) is 4.39 Å². The van der Waals surface area contributed by atoms with Crippen LogP contribution in [-0.2, 0) is 18.9 Å². The molecule has 0 bridgehead atoms. The zero-order valence-corrected chi connectivity index (χ0v) is 21.9. The Bertz CT molecular complexity index is 1320. The molecule has 40 heavy (non-hydrogen) atoms. The van der Waals surface area contributed by atoms with E-state index in [2.05, 4.69) is 0 Å². The molecule has 0 saturated carbocycles. The van der Waals surface area contributed by atoms with Crippen LogP contribution >= 0.6 is 0 Å². The van der Waals surface area contributed by atoms with Gasteiger partial charge in [0.2, 0.25) is 0 Å². The van der Waals surface area contributed by atoms with E-state index in [1.807, 2.05) is 18.7 Å². The average molecular weight is 567 g/mol. The topological polar surface area (TPSA) is 23.6 Å². The van der Waals surface area contributed by atoms with Crippen LogP contribution in [0.1, 0.15) is 52.4 Å². The zero-order valence-electron chi connectivity index (χ0n) is 21.9. The molecule has 0 radical (unpaired) electrons. The van der Waals surface area contributed by atoms with Gasteiger partial charge < -0.3 is 4.90 Å². The molecule has 0 aromatic heterocycles. The predicted octanol–water partition coefficient (Wildman–Crippen LogP) is 7.63. The van der Waals surface area contributed by atoms with Gasteiger partial charge in [0.25, 0.3) is 5.91 Å². The summed E-state index contributed by atoms with van der Waals surface area (Å²) in [4.78, 5) is 16.9. The monoisotopic (exact) mass is 566 g/mol. The molecule has 10 heteroatoms. The lowest BCUT2D eigenvalue weighted by Gasteiger charge is -2.32. The predicted molar refractivity (Wildman–Crippen MR) is 137 cm³/mol. The van der Waals surface area contributed by atoms with Crippen LogP contribution in [0.2, 0.25) is 0 Å². The highest BCUT2D eigenvalue weighted by Gasteiger charge is 2.38. The summed E-state index contributed by atoms with van der Waals surface area (Å²) in [5, 5.41) is 0. The maximum Gasteiger partial charge on any atom is 0.416 e. The molecule has 1 aliphatic rings. The smallest absolute Gasteiger partial charge is 0.336 e. The molecule has 2 unspecified atom stereocenters. The van der Waals surface area contributed by atoms with Gasteiger partial charge in [0.1, 0.15) is 5.82 Å². The molecule has 0 aliphatic carbocycles. The number of amides is 1. The van der Waals surface area contributed by atoms with E-state index < -0.39 is 35.2 Å². The number of likely N-dealkylation sites (tertiary alicyclic amines) is 1. The molecule has 1 amide bonds. The van der Waals surface area contributed by atoms with Crippen molar-refractivity contribution in [3.63, 3.8) is 0 Å². The Hall–Kier alpha value is -3.40. The van der Waals surface area contributed by atoms with Crippen LogP contribution in [0.5, 0.6) is 0 Å². The summed E-state index contributed by atoms with van der Waals surface area (Å²) in [6.45, 7) is 4.67. The van der Waals surface area contributed by atoms with Crippen LogP contribution in [0.3, 0.4) is 0 Å². The van der Waals surface area contributed by atoms with Crippen LogP contribution in [0.4, 0.5) is 30.7 Å². The van der Waals surface area contributed by atoms with Gasteiger partial charge >= 0.3 is 12.4 Å². The molecule has 1 heterocycles. The first-order chi connectivity index (χ1) is 18.7. The lowest BCUT2D eigenvalue weighted by atomic mass is 9.87. The zero-order chi connectivity index (χ0) is 29.2. The second-order valence-electron chi connectivity index (χ2n) is 10.4. The quantitative estimate of drug-likeness (QED) is 0.275. The highest BCUT2D eigenvalue weighted by molar-refractivity contribution is 5.94. The van der Waals surface area contributed by atoms with E-state index in [9.17, 15) is 35.5 Å². The number of benzene rings is 3. The molecule has 0 spiro atoms. The number of alkyl halides is 6. The maximum atomic E-state index is 13.5. The van der Waals surface area contributed by atoms with Gasteiger partial charge in [0.15, 0.2) is 0 Å². The first-order valence-corrected chi connectivity index (χ1v) is 12.8. The number of hydrogen-bond acceptors (Lipinski definition) is 2. The third-order valence-corrected chi connectivity index (χ3v) is 7.23. The fourth-order valence-electron chi connectivity index (χ4n) is 5.24. The largest absolute Gasteiger partial charge is 0.416 e. The summed E-state index contributed by atoms with van der Waals surface area (Å²) < 4.78 is 93.7. The van der Waals surface area contributed by atoms with Crippen LogP contribution in [-0.4, -0.2) is 41.4 Å². The van der Waals surface area contributed by atoms with Crippen LogP contribution in [0, 0.1) is 11.7 Å². The molecule has 3 aromatic carbocycles. The van der Waals surface area contributed by atoms with Gasteiger partial charge in [-0.05, 0) is 67.3 Å². The average Bonchev–Trinajstić information content (AvgIpc) is 3.28. The summed E-state index contributed by atoms with van der Waals surface area (Å²) in [5.41, 5.74) is -0.399. The lowest BCUT2D eigenvalue weighted by Crippen LogP contribution is -2.42. The Kier molecular flexibility index (Phi) is 8.58. The van der Waals surface area contributed by atoms with Crippen molar-refractivity contribution in [3.8, 4) is 0 Å². The van der Waals surface area contributed by atoms with Gasteiger partial charge in [-0.15, -0.1) is 0 Å². The Labute approximate surface area is 228 Å². The second-order valence-corrected chi connectivity index (χ2v) is 10.4. The van der Waals surface area contributed by atoms with E-state index in [0.29, 0.717) is 24.2 Å². The number of halogens is 7. The van der Waals surface area contributed by atoms with Gasteiger partial charge in [0.05, 0.1) is 11.1 Å². The molecular weight excluding hydrogens is 537 g/mol. The van der Waals surface area contributed by atoms with Crippen molar-refractivity contribution in [2.24, 2.45) is 5.92 Å². The maximum absolute atomic E-state index is 13.5. The van der Waals surface area contributed by atoms with Crippen molar-refractivity contribution < 1.29 is 35.5 Å². The van der Waals surface area contributed by atoms with Gasteiger partial charge in [-0.3, -0.25) is 9.69 Å². The molecule has 4 rings (SSSR count). The van der Waals surface area contributed by atoms with Crippen molar-refractivity contribution in [2.45, 2.75) is 44.7 Å². The lowest BCUT2D eigenvalue weighted by molar-refractivity contribution is -0.138. The number of carbonyl (C=O) groups is 1. The van der Waals surface area contributed by atoms with E-state index in [0.717, 1.165) is 24.3 Å². The number of nitrogens with zero attached hydrogens (tertiary/aromatic N) is 2. The number of hydrogen-bond donors (Lipinski definition) is 0. The molecular formula is C30H29F7N2O. The summed E-state index contributed by atoms with van der Waals surface area (Å²) in [6, 6.07) is 14.9. The molecule has 1 saturated heterocycles. The Morgan fingerprint density at radius 3 is 2.08 bits per heavy atom. The van der Waals surface area contributed by atoms with E-state index in [4.69, 9.17) is 0 Å². The van der Waals surface area contributed by atoms with E-state index in [-0.39, 0.29) is 36.5 Å². The summed E-state index contributed by atoms with van der Waals surface area (Å²) in [6.07, 6.45) is -9.03. The van der Waals surface area contributed by atoms with Gasteiger partial charge in [-0.1, -0.05) is 36.4 Å². The SMILES string of the molecule is CC(C)N(CC1CN(Cc2cccc(C(F)(F)F)c2)CC1c1cccc(C(F)(F)F)c1)C(=O)c1ccc(F)cc1. The van der Waals surface area contributed by atoms with E-state index in [1.54, 1.807) is 17.0 Å². The normalized spacial score (nSPS) is 18.4. The Morgan fingerprint density at radius 1 is 0.875 bits per heavy atom. The molecule has 2 atom stereocenters. The Balaban J connectivity index is 1.64. The van der Waals surface area contributed by atoms with Crippen LogP contribution in [0.15, 0.2) is 72.8 Å². The molecule has 3 aromatic rings. The molecule has 214 valence electrons. The second kappa shape index (κ2) is 11.6. The van der Waals surface area contributed by atoms with Crippen molar-refractivity contribution in [3.05, 3.63) is 106 Å². The summed E-state index contributed by atoms with van der Waals surface area (Å²) in [5.74, 6) is -1.54. The van der Waals surface area contributed by atoms with Crippen LogP contribution < -0.4 is 0 Å². The summed E-state index contributed by atoms with van der Waals surface area (Å²) >= 11 is 0. The highest BCUT2D eigenvalue weighted by atomic mass is 19.4. The van der Waals surface area contributed by atoms with Crippen molar-refractivity contribution in [2.75, 3.05) is 19.6 Å².